The topological polar surface area (TPSA) is 107 Å². The summed E-state index contributed by atoms with van der Waals surface area (Å²) in [7, 11) is -6.91. The Bertz CT molecular complexity index is 918. The molecular formula is C6H16Cl8N8OP6. The second-order valence-electron chi connectivity index (χ2n) is 6.10. The Morgan fingerprint density at radius 1 is 0.517 bits per heavy atom. The molecular weight excluding hydrogens is 670 g/mol. The van der Waals surface area contributed by atoms with E-state index in [1.807, 2.05) is 27.7 Å². The van der Waals surface area contributed by atoms with E-state index in [2.05, 4.69) is 37.3 Å². The van der Waals surface area contributed by atoms with Crippen LogP contribution in [0.4, 0.5) is 0 Å². The molecule has 9 nitrogen and oxygen atoms in total. The fraction of sp³-hybridized carbons (Fsp3) is 1.00. The van der Waals surface area contributed by atoms with Gasteiger partial charge in [0.05, 0.1) is 0 Å². The summed E-state index contributed by atoms with van der Waals surface area (Å²) in [6.45, 7) is 7.33. The van der Waals surface area contributed by atoms with Crippen LogP contribution in [0.3, 0.4) is 0 Å². The van der Waals surface area contributed by atoms with Gasteiger partial charge in [-0.25, -0.2) is 14.5 Å². The number of nitrogens with one attached hydrogen (secondary N) is 2. The highest BCUT2D eigenvalue weighted by Crippen LogP contribution is 2.90. The van der Waals surface area contributed by atoms with Crippen molar-refractivity contribution in [3.63, 3.8) is 0 Å². The molecule has 0 aromatic carbocycles. The van der Waals surface area contributed by atoms with Gasteiger partial charge >= 0.3 is 0 Å². The van der Waals surface area contributed by atoms with Crippen LogP contribution in [0.1, 0.15) is 27.7 Å². The summed E-state index contributed by atoms with van der Waals surface area (Å²) >= 11 is 50.2. The fourth-order valence-corrected chi connectivity index (χ4v) is 33.2. The fourth-order valence-electron chi connectivity index (χ4n) is 2.00. The highest BCUT2D eigenvalue weighted by Gasteiger charge is 2.43. The molecule has 172 valence electrons. The molecule has 23 heteroatoms. The van der Waals surface area contributed by atoms with Crippen molar-refractivity contribution in [2.45, 2.75) is 39.8 Å². The Morgan fingerprint density at radius 3 is 1.03 bits per heavy atom. The van der Waals surface area contributed by atoms with E-state index in [1.54, 1.807) is 0 Å². The molecule has 0 saturated heterocycles. The lowest BCUT2D eigenvalue weighted by molar-refractivity contribution is 0.587. The zero-order chi connectivity index (χ0) is 22.5. The molecule has 0 aromatic heterocycles. The molecule has 2 atom stereocenters. The zero-order valence-corrected chi connectivity index (χ0v) is 26.4. The van der Waals surface area contributed by atoms with Crippen molar-refractivity contribution >= 4 is 129 Å². The van der Waals surface area contributed by atoms with E-state index in [0.717, 1.165) is 0 Å². The van der Waals surface area contributed by atoms with Crippen molar-refractivity contribution < 1.29 is 4.31 Å². The first-order valence-corrected chi connectivity index (χ1v) is 24.7. The van der Waals surface area contributed by atoms with E-state index in [1.165, 1.54) is 0 Å². The monoisotopic (exact) mass is 682 g/mol. The largest absolute Gasteiger partial charge is 0.286 e. The summed E-state index contributed by atoms with van der Waals surface area (Å²) in [4.78, 5) is 0. The van der Waals surface area contributed by atoms with Gasteiger partial charge < -0.3 is 0 Å². The van der Waals surface area contributed by atoms with Gasteiger partial charge in [0, 0.05) is 12.1 Å². The summed E-state index contributed by atoms with van der Waals surface area (Å²) < 4.78 is 31.7. The Morgan fingerprint density at radius 2 is 0.793 bits per heavy atom. The predicted octanol–water partition coefficient (Wildman–Crippen LogP) is 12.6. The number of hydrogen-bond acceptors (Lipinski definition) is 9. The predicted molar refractivity (Wildman–Crippen MR) is 141 cm³/mol. The Hall–Kier alpha value is 3.58. The second-order valence-corrected chi connectivity index (χ2v) is 30.8. The van der Waals surface area contributed by atoms with E-state index < -0.39 is 38.8 Å². The molecule has 2 aliphatic heterocycles. The molecule has 0 radical (unpaired) electrons. The first-order chi connectivity index (χ1) is 12.8. The van der Waals surface area contributed by atoms with E-state index in [-0.39, 0.29) is 12.1 Å². The first-order valence-electron chi connectivity index (χ1n) is 7.45. The summed E-state index contributed by atoms with van der Waals surface area (Å²) in [5.41, 5.74) is 0. The lowest BCUT2D eigenvalue weighted by Gasteiger charge is -2.34. The van der Waals surface area contributed by atoms with Gasteiger partial charge in [-0.15, -0.1) is 0 Å². The quantitative estimate of drug-likeness (QED) is 0.272. The summed E-state index contributed by atoms with van der Waals surface area (Å²) in [5.74, 6) is -13.3. The van der Waals surface area contributed by atoms with Gasteiger partial charge in [0.15, 0.2) is 0 Å². The highest BCUT2D eigenvalue weighted by molar-refractivity contribution is 8.22. The second kappa shape index (κ2) is 9.91. The summed E-state index contributed by atoms with van der Waals surface area (Å²) in [6, 6.07) is -0.385. The van der Waals surface area contributed by atoms with E-state index in [4.69, 9.17) is 94.2 Å². The average Bonchev–Trinajstić information content (AvgIpc) is 2.24. The van der Waals surface area contributed by atoms with Gasteiger partial charge in [-0.3, -0.25) is 0 Å². The minimum absolute atomic E-state index is 0.192. The molecule has 0 bridgehead atoms. The van der Waals surface area contributed by atoms with Gasteiger partial charge in [0.2, 0.25) is 0 Å². The third kappa shape index (κ3) is 8.94. The number of nitrogens with zero attached hydrogens (tertiary/aromatic N) is 6. The molecule has 0 aromatic rings. The van der Waals surface area contributed by atoms with Crippen molar-refractivity contribution in [3.8, 4) is 0 Å². The van der Waals surface area contributed by atoms with Crippen LogP contribution in [-0.4, -0.2) is 12.1 Å². The van der Waals surface area contributed by atoms with Crippen LogP contribution in [-0.2, 0) is 4.31 Å². The van der Waals surface area contributed by atoms with Gasteiger partial charge in [-0.05, 0) is 118 Å². The van der Waals surface area contributed by atoms with Crippen LogP contribution in [0.25, 0.3) is 0 Å². The van der Waals surface area contributed by atoms with E-state index >= 15 is 0 Å². The third-order valence-electron chi connectivity index (χ3n) is 2.43. The van der Waals surface area contributed by atoms with E-state index in [0.29, 0.717) is 0 Å². The van der Waals surface area contributed by atoms with Crippen LogP contribution in [0.5, 0.6) is 0 Å². The molecule has 2 aliphatic rings. The molecule has 29 heavy (non-hydrogen) atoms. The maximum absolute atomic E-state index is 6.32. The van der Waals surface area contributed by atoms with Crippen molar-refractivity contribution in [1.29, 1.82) is 0 Å². The molecule has 2 N–H and O–H groups in total. The minimum Gasteiger partial charge on any atom is -0.244 e. The minimum atomic E-state index is -3.46. The molecule has 2 rings (SSSR count). The Kier molecular flexibility index (Phi) is 9.85. The molecule has 0 saturated carbocycles. The summed E-state index contributed by atoms with van der Waals surface area (Å²) in [5, 5.41) is 6.22. The van der Waals surface area contributed by atoms with Crippen molar-refractivity contribution in [3.05, 3.63) is 0 Å². The standard InChI is InChI=1S/C6H16Cl8N8OP6/c1-5(2)15-28(19-24(7,8)17-25(9,10)20-28)23-29(16-6(3)4)21-26(11,12)18-27(13,14)22-29/h5-6,15-16H,1-4H3. The van der Waals surface area contributed by atoms with Gasteiger partial charge in [0.25, 0.3) is 38.8 Å². The lowest BCUT2D eigenvalue weighted by atomic mass is 10.4. The number of rotatable bonds is 6. The van der Waals surface area contributed by atoms with Crippen molar-refractivity contribution in [1.82, 2.24) is 10.2 Å². The molecule has 2 heterocycles. The van der Waals surface area contributed by atoms with Gasteiger partial charge in [-0.1, -0.05) is 0 Å². The normalized spacial score (nSPS) is 34.1. The van der Waals surface area contributed by atoms with Crippen LogP contribution >= 0.6 is 129 Å². The zero-order valence-electron chi connectivity index (χ0n) is 15.0. The third-order valence-corrected chi connectivity index (χ3v) is 26.5. The molecule has 0 unspecified atom stereocenters. The number of hydrogen-bond donors (Lipinski definition) is 2. The molecule has 0 aliphatic carbocycles. The summed E-state index contributed by atoms with van der Waals surface area (Å²) in [6.07, 6.45) is 0. The maximum atomic E-state index is 6.32. The molecule has 0 fully saturated rings. The first kappa shape index (κ1) is 28.8. The number of halogens is 8. The van der Waals surface area contributed by atoms with Crippen LogP contribution in [0.15, 0.2) is 27.1 Å². The van der Waals surface area contributed by atoms with Crippen LogP contribution in [0.2, 0.25) is 0 Å². The Labute approximate surface area is 208 Å². The van der Waals surface area contributed by atoms with Crippen molar-refractivity contribution in [2.24, 2.45) is 27.1 Å². The maximum Gasteiger partial charge on any atom is 0.286 e. The molecule has 0 spiro atoms. The van der Waals surface area contributed by atoms with Gasteiger partial charge in [0.1, 0.15) is 0 Å². The molecule has 0 amide bonds. The van der Waals surface area contributed by atoms with Crippen molar-refractivity contribution in [2.75, 3.05) is 0 Å². The van der Waals surface area contributed by atoms with Crippen LogP contribution < -0.4 is 10.2 Å². The van der Waals surface area contributed by atoms with Gasteiger partial charge in [-0.2, -0.15) is 27.1 Å². The smallest absolute Gasteiger partial charge is 0.244 e. The van der Waals surface area contributed by atoms with E-state index in [9.17, 15) is 0 Å². The SMILES string of the molecule is CC(C)N[P@]1(O[P@@]2(NC(C)C)=NP(Cl)(Cl)=NP(Cl)(Cl)=N2)=NP(Cl)(Cl)=NP(Cl)(Cl)=N1. The Balaban J connectivity index is 2.85. The average molecular weight is 686 g/mol. The lowest BCUT2D eigenvalue weighted by Crippen LogP contribution is -2.24. The van der Waals surface area contributed by atoms with Crippen LogP contribution in [0, 0.1) is 0 Å². The highest BCUT2D eigenvalue weighted by atomic mass is 35.9.